The van der Waals surface area contributed by atoms with Gasteiger partial charge in [0.2, 0.25) is 0 Å². The fourth-order valence-corrected chi connectivity index (χ4v) is 5.35. The molecule has 0 unspecified atom stereocenters. The number of amides is 1. The maximum absolute atomic E-state index is 15.3. The third kappa shape index (κ3) is 6.94. The summed E-state index contributed by atoms with van der Waals surface area (Å²) in [5.74, 6) is -1.45. The van der Waals surface area contributed by atoms with Gasteiger partial charge in [0.15, 0.2) is 0 Å². The first-order valence-electron chi connectivity index (χ1n) is 14.1. The fourth-order valence-electron chi connectivity index (χ4n) is 5.35. The Morgan fingerprint density at radius 2 is 1.83 bits per heavy atom. The number of alkyl halides is 3. The number of carbonyl (C=O) groups excluding carboxylic acids is 2. The summed E-state index contributed by atoms with van der Waals surface area (Å²) in [6.45, 7) is 8.09. The second-order valence-electron chi connectivity index (χ2n) is 10.6. The van der Waals surface area contributed by atoms with Crippen molar-refractivity contribution in [2.45, 2.75) is 65.7 Å². The van der Waals surface area contributed by atoms with Crippen LogP contribution in [0.15, 0.2) is 42.7 Å². The second-order valence-corrected chi connectivity index (χ2v) is 10.6. The van der Waals surface area contributed by atoms with Gasteiger partial charge in [-0.3, -0.25) is 9.59 Å². The lowest BCUT2D eigenvalue weighted by atomic mass is 9.97. The van der Waals surface area contributed by atoms with E-state index >= 15 is 4.39 Å². The Morgan fingerprint density at radius 3 is 2.43 bits per heavy atom. The largest absolute Gasteiger partial charge is 0.486 e. The van der Waals surface area contributed by atoms with Crippen LogP contribution >= 0.6 is 0 Å². The molecule has 0 N–H and O–H groups in total. The van der Waals surface area contributed by atoms with Crippen molar-refractivity contribution in [2.24, 2.45) is 5.92 Å². The highest BCUT2D eigenvalue weighted by Gasteiger charge is 2.33. The number of likely N-dealkylation sites (tertiary alicyclic amines) is 1. The molecule has 2 atom stereocenters. The lowest BCUT2D eigenvalue weighted by molar-refractivity contribution is -0.149. The van der Waals surface area contributed by atoms with Gasteiger partial charge in [0.25, 0.3) is 5.91 Å². The summed E-state index contributed by atoms with van der Waals surface area (Å²) in [7, 11) is 0. The van der Waals surface area contributed by atoms with Crippen LogP contribution in [0.5, 0.6) is 5.75 Å². The minimum Gasteiger partial charge on any atom is -0.486 e. The molecule has 1 saturated heterocycles. The average Bonchev–Trinajstić information content (AvgIpc) is 3.43. The van der Waals surface area contributed by atoms with Crippen molar-refractivity contribution in [3.05, 3.63) is 76.4 Å². The van der Waals surface area contributed by atoms with Gasteiger partial charge in [-0.05, 0) is 81.0 Å². The van der Waals surface area contributed by atoms with E-state index < -0.39 is 35.5 Å². The molecule has 226 valence electrons. The molecule has 2 aromatic carbocycles. The summed E-state index contributed by atoms with van der Waals surface area (Å²) in [5, 5.41) is 3.89. The summed E-state index contributed by atoms with van der Waals surface area (Å²) < 4.78 is 67.2. The van der Waals surface area contributed by atoms with Gasteiger partial charge >= 0.3 is 12.1 Å². The molecular weight excluding hydrogens is 554 g/mol. The maximum Gasteiger partial charge on any atom is 0.419 e. The predicted molar refractivity (Wildman–Crippen MR) is 148 cm³/mol. The van der Waals surface area contributed by atoms with E-state index in [4.69, 9.17) is 9.47 Å². The van der Waals surface area contributed by atoms with Gasteiger partial charge in [0.05, 0.1) is 35.5 Å². The van der Waals surface area contributed by atoms with E-state index in [1.807, 2.05) is 6.92 Å². The minimum absolute atomic E-state index is 0.0769. The molecule has 0 spiro atoms. The summed E-state index contributed by atoms with van der Waals surface area (Å²) in [5.41, 5.74) is 1.47. The molecule has 1 aromatic heterocycles. The lowest BCUT2D eigenvalue weighted by Gasteiger charge is -2.31. The molecule has 0 saturated carbocycles. The van der Waals surface area contributed by atoms with Crippen molar-refractivity contribution in [1.29, 1.82) is 0 Å². The molecule has 1 fully saturated rings. The van der Waals surface area contributed by atoms with Crippen LogP contribution < -0.4 is 4.74 Å². The van der Waals surface area contributed by atoms with E-state index in [0.717, 1.165) is 18.8 Å². The van der Waals surface area contributed by atoms with Crippen molar-refractivity contribution in [1.82, 2.24) is 14.7 Å². The molecular formula is C31H35F4N3O4. The van der Waals surface area contributed by atoms with E-state index in [1.54, 1.807) is 39.0 Å². The van der Waals surface area contributed by atoms with Crippen LogP contribution in [0.3, 0.4) is 0 Å². The van der Waals surface area contributed by atoms with Crippen LogP contribution in [0.4, 0.5) is 17.6 Å². The third-order valence-corrected chi connectivity index (χ3v) is 7.36. The molecule has 0 radical (unpaired) electrons. The standard InChI is InChI=1S/C31H35F4N3O4/c1-5-8-27(42-24-13-19(3)28(20(4)14-24)38-18-23(16-36-38)31(33,34)35)21-10-11-25(26(32)15-21)29(39)37-12-7-9-22(17-37)30(40)41-6-2/h10-11,13-16,18,22,27H,5-9,12,17H2,1-4H3/t22-,27-/m0/s1. The van der Waals surface area contributed by atoms with Crippen LogP contribution in [-0.2, 0) is 15.7 Å². The molecule has 7 nitrogen and oxygen atoms in total. The summed E-state index contributed by atoms with van der Waals surface area (Å²) in [4.78, 5) is 26.8. The van der Waals surface area contributed by atoms with Crippen LogP contribution in [0.1, 0.15) is 78.2 Å². The van der Waals surface area contributed by atoms with E-state index in [1.165, 1.54) is 21.7 Å². The zero-order chi connectivity index (χ0) is 30.6. The molecule has 2 heterocycles. The molecule has 0 aliphatic carbocycles. The maximum atomic E-state index is 15.3. The average molecular weight is 590 g/mol. The Bertz CT molecular complexity index is 1410. The Morgan fingerprint density at radius 1 is 1.12 bits per heavy atom. The zero-order valence-electron chi connectivity index (χ0n) is 24.1. The van der Waals surface area contributed by atoms with Crippen LogP contribution in [0.25, 0.3) is 5.69 Å². The summed E-state index contributed by atoms with van der Waals surface area (Å²) >= 11 is 0. The van der Waals surface area contributed by atoms with E-state index in [2.05, 4.69) is 5.10 Å². The van der Waals surface area contributed by atoms with Gasteiger partial charge < -0.3 is 14.4 Å². The third-order valence-electron chi connectivity index (χ3n) is 7.36. The van der Waals surface area contributed by atoms with Crippen molar-refractivity contribution < 1.29 is 36.6 Å². The summed E-state index contributed by atoms with van der Waals surface area (Å²) in [6, 6.07) is 7.84. The predicted octanol–water partition coefficient (Wildman–Crippen LogP) is 6.98. The first-order valence-corrected chi connectivity index (χ1v) is 14.1. The van der Waals surface area contributed by atoms with Crippen molar-refractivity contribution in [2.75, 3.05) is 19.7 Å². The van der Waals surface area contributed by atoms with Crippen LogP contribution in [0, 0.1) is 25.6 Å². The number of piperidine rings is 1. The first-order chi connectivity index (χ1) is 19.9. The Hall–Kier alpha value is -3.89. The number of ether oxygens (including phenoxy) is 2. The number of benzene rings is 2. The van der Waals surface area contributed by atoms with E-state index in [-0.39, 0.29) is 24.7 Å². The molecule has 1 aliphatic heterocycles. The Labute approximate surface area is 242 Å². The number of halogens is 4. The molecule has 1 amide bonds. The lowest BCUT2D eigenvalue weighted by Crippen LogP contribution is -2.43. The Balaban J connectivity index is 1.52. The SMILES string of the molecule is CCC[C@H](Oc1cc(C)c(-n2cc(C(F)(F)F)cn2)c(C)c1)c1ccc(C(=O)N2CCC[C@H](C(=O)OCC)C2)c(F)c1. The number of rotatable bonds is 9. The quantitative estimate of drug-likeness (QED) is 0.199. The second kappa shape index (κ2) is 13.0. The molecule has 1 aliphatic rings. The normalized spacial score (nSPS) is 16.3. The van der Waals surface area contributed by atoms with Gasteiger partial charge in [-0.15, -0.1) is 0 Å². The van der Waals surface area contributed by atoms with Crippen LogP contribution in [0.2, 0.25) is 0 Å². The number of aryl methyl sites for hydroxylation is 2. The smallest absolute Gasteiger partial charge is 0.419 e. The Kier molecular flexibility index (Phi) is 9.58. The number of carbonyl (C=O) groups is 2. The number of hydrogen-bond acceptors (Lipinski definition) is 5. The molecule has 0 bridgehead atoms. The van der Waals surface area contributed by atoms with Crippen molar-refractivity contribution in [3.8, 4) is 11.4 Å². The molecule has 3 aromatic rings. The number of hydrogen-bond donors (Lipinski definition) is 0. The topological polar surface area (TPSA) is 73.7 Å². The van der Waals surface area contributed by atoms with E-state index in [0.29, 0.717) is 53.9 Å². The van der Waals surface area contributed by atoms with Crippen molar-refractivity contribution in [3.63, 3.8) is 0 Å². The molecule has 42 heavy (non-hydrogen) atoms. The summed E-state index contributed by atoms with van der Waals surface area (Å²) in [6.07, 6.45) is -0.740. The number of esters is 1. The van der Waals surface area contributed by atoms with Gasteiger partial charge in [-0.2, -0.15) is 18.3 Å². The van der Waals surface area contributed by atoms with Gasteiger partial charge in [0.1, 0.15) is 17.7 Å². The molecule has 11 heteroatoms. The van der Waals surface area contributed by atoms with Crippen LogP contribution in [-0.4, -0.2) is 46.3 Å². The van der Waals surface area contributed by atoms with Gasteiger partial charge in [0, 0.05) is 19.3 Å². The highest BCUT2D eigenvalue weighted by atomic mass is 19.4. The monoisotopic (exact) mass is 589 g/mol. The fraction of sp³-hybridized carbons (Fsp3) is 0.452. The van der Waals surface area contributed by atoms with Gasteiger partial charge in [-0.25, -0.2) is 9.07 Å². The molecule has 4 rings (SSSR count). The van der Waals surface area contributed by atoms with Crippen molar-refractivity contribution >= 4 is 11.9 Å². The highest BCUT2D eigenvalue weighted by Crippen LogP contribution is 2.33. The first kappa shape index (κ1) is 31.1. The zero-order valence-corrected chi connectivity index (χ0v) is 24.1. The number of nitrogens with zero attached hydrogens (tertiary/aromatic N) is 3. The van der Waals surface area contributed by atoms with E-state index in [9.17, 15) is 22.8 Å². The highest BCUT2D eigenvalue weighted by molar-refractivity contribution is 5.95. The minimum atomic E-state index is -4.50. The van der Waals surface area contributed by atoms with Gasteiger partial charge in [-0.1, -0.05) is 19.4 Å². The number of aromatic nitrogens is 2.